The quantitative estimate of drug-likeness (QED) is 0.393. The van der Waals surface area contributed by atoms with Crippen LogP contribution in [0.1, 0.15) is 5.69 Å². The highest BCUT2D eigenvalue weighted by atomic mass is 32.2. The number of rotatable bonds is 7. The van der Waals surface area contributed by atoms with Gasteiger partial charge in [-0.05, 0) is 12.1 Å². The topological polar surface area (TPSA) is 59.9 Å². The van der Waals surface area contributed by atoms with E-state index in [1.165, 1.54) is 11.3 Å². The monoisotopic (exact) mass is 412 g/mol. The summed E-state index contributed by atoms with van der Waals surface area (Å²) in [6.07, 6.45) is 0. The van der Waals surface area contributed by atoms with Crippen molar-refractivity contribution in [3.05, 3.63) is 65.7 Å². The average molecular weight is 413 g/mol. The van der Waals surface area contributed by atoms with Crippen LogP contribution in [-0.2, 0) is 5.75 Å². The Morgan fingerprint density at radius 2 is 1.96 bits per heavy atom. The maximum Gasteiger partial charge on any atom is 0.210 e. The first kappa shape index (κ1) is 18.0. The highest BCUT2D eigenvalue weighted by molar-refractivity contribution is 8.00. The zero-order chi connectivity index (χ0) is 18.5. The molecule has 0 aliphatic carbocycles. The Labute approximate surface area is 169 Å². The zero-order valence-corrected chi connectivity index (χ0v) is 16.9. The van der Waals surface area contributed by atoms with Crippen molar-refractivity contribution in [2.75, 3.05) is 12.4 Å². The number of anilines is 2. The molecule has 0 atom stereocenters. The summed E-state index contributed by atoms with van der Waals surface area (Å²) in [5.74, 6) is 1.58. The molecule has 0 unspecified atom stereocenters. The van der Waals surface area contributed by atoms with Gasteiger partial charge in [-0.3, -0.25) is 0 Å². The Morgan fingerprint density at radius 3 is 2.81 bits per heavy atom. The molecule has 2 heterocycles. The number of thioether (sulfide) groups is 1. The first-order valence-electron chi connectivity index (χ1n) is 8.17. The molecule has 0 spiro atoms. The average Bonchev–Trinajstić information content (AvgIpc) is 3.37. The zero-order valence-electron chi connectivity index (χ0n) is 14.5. The van der Waals surface area contributed by atoms with Crippen LogP contribution in [0.25, 0.3) is 10.6 Å². The van der Waals surface area contributed by atoms with E-state index < -0.39 is 0 Å². The normalized spacial score (nSPS) is 10.7. The Morgan fingerprint density at radius 1 is 1.07 bits per heavy atom. The summed E-state index contributed by atoms with van der Waals surface area (Å²) >= 11 is 4.84. The van der Waals surface area contributed by atoms with E-state index in [0.29, 0.717) is 0 Å². The van der Waals surface area contributed by atoms with Crippen LogP contribution < -0.4 is 10.1 Å². The molecule has 5 nitrogen and oxygen atoms in total. The maximum atomic E-state index is 5.24. The number of hydrogen-bond donors (Lipinski definition) is 1. The van der Waals surface area contributed by atoms with Gasteiger partial charge in [0.25, 0.3) is 0 Å². The van der Waals surface area contributed by atoms with Gasteiger partial charge < -0.3 is 10.1 Å². The van der Waals surface area contributed by atoms with Crippen LogP contribution in [0, 0.1) is 0 Å². The third-order valence-electron chi connectivity index (χ3n) is 3.64. The van der Waals surface area contributed by atoms with Gasteiger partial charge in [-0.2, -0.15) is 0 Å². The van der Waals surface area contributed by atoms with Crippen molar-refractivity contribution in [3.8, 4) is 16.3 Å². The van der Waals surface area contributed by atoms with E-state index in [2.05, 4.69) is 33.0 Å². The molecule has 0 saturated carbocycles. The van der Waals surface area contributed by atoms with Gasteiger partial charge in [0.05, 0.1) is 12.8 Å². The van der Waals surface area contributed by atoms with Crippen molar-refractivity contribution in [1.82, 2.24) is 15.2 Å². The number of hydrogen-bond acceptors (Lipinski definition) is 8. The molecular weight excluding hydrogens is 396 g/mol. The van der Waals surface area contributed by atoms with Gasteiger partial charge in [-0.15, -0.1) is 21.5 Å². The molecule has 8 heteroatoms. The van der Waals surface area contributed by atoms with Crippen molar-refractivity contribution < 1.29 is 4.74 Å². The number of aromatic nitrogens is 3. The van der Waals surface area contributed by atoms with E-state index >= 15 is 0 Å². The fraction of sp³-hybridized carbons (Fsp3) is 0.105. The molecule has 2 aromatic heterocycles. The molecule has 0 saturated heterocycles. The Bertz CT molecular complexity index is 1020. The van der Waals surface area contributed by atoms with E-state index in [9.17, 15) is 0 Å². The molecule has 0 amide bonds. The summed E-state index contributed by atoms with van der Waals surface area (Å²) in [6, 6.07) is 18.0. The molecule has 0 bridgehead atoms. The number of ether oxygens (including phenoxy) is 1. The lowest BCUT2D eigenvalue weighted by Crippen LogP contribution is -1.90. The van der Waals surface area contributed by atoms with Crippen molar-refractivity contribution in [2.24, 2.45) is 0 Å². The molecule has 0 radical (unpaired) electrons. The molecule has 136 valence electrons. The SMILES string of the molecule is COc1cccc(Nc2nnc(SCc3csc(-c4ccccc4)n3)s2)c1. The molecule has 4 aromatic rings. The third kappa shape index (κ3) is 4.65. The molecule has 0 fully saturated rings. The Balaban J connectivity index is 1.36. The fourth-order valence-corrected chi connectivity index (χ4v) is 4.96. The molecule has 0 aliphatic heterocycles. The van der Waals surface area contributed by atoms with E-state index in [0.717, 1.165) is 42.9 Å². The van der Waals surface area contributed by atoms with Crippen molar-refractivity contribution >= 4 is 45.3 Å². The first-order chi connectivity index (χ1) is 13.3. The van der Waals surface area contributed by atoms with Gasteiger partial charge in [0.1, 0.15) is 10.8 Å². The van der Waals surface area contributed by atoms with Gasteiger partial charge in [-0.25, -0.2) is 4.98 Å². The second kappa shape index (κ2) is 8.51. The van der Waals surface area contributed by atoms with Crippen molar-refractivity contribution in [2.45, 2.75) is 10.1 Å². The lowest BCUT2D eigenvalue weighted by Gasteiger charge is -2.04. The minimum absolute atomic E-state index is 0.758. The first-order valence-corrected chi connectivity index (χ1v) is 10.9. The van der Waals surface area contributed by atoms with Crippen LogP contribution in [0.2, 0.25) is 0 Å². The smallest absolute Gasteiger partial charge is 0.210 e. The summed E-state index contributed by atoms with van der Waals surface area (Å²) in [5, 5.41) is 15.6. The van der Waals surface area contributed by atoms with Crippen LogP contribution in [0.15, 0.2) is 64.3 Å². The Hall–Kier alpha value is -2.42. The van der Waals surface area contributed by atoms with E-state index in [1.807, 2.05) is 42.5 Å². The molecular formula is C19H16N4OS3. The maximum absolute atomic E-state index is 5.24. The van der Waals surface area contributed by atoms with E-state index in [4.69, 9.17) is 9.72 Å². The van der Waals surface area contributed by atoms with E-state index in [-0.39, 0.29) is 0 Å². The predicted molar refractivity (Wildman–Crippen MR) is 113 cm³/mol. The van der Waals surface area contributed by atoms with Gasteiger partial charge in [0.2, 0.25) is 5.13 Å². The summed E-state index contributed by atoms with van der Waals surface area (Å²) in [4.78, 5) is 4.71. The second-order valence-corrected chi connectivity index (χ2v) is 8.59. The van der Waals surface area contributed by atoms with Crippen LogP contribution in [0.3, 0.4) is 0 Å². The van der Waals surface area contributed by atoms with Gasteiger partial charge in [-0.1, -0.05) is 59.5 Å². The highest BCUT2D eigenvalue weighted by Crippen LogP contribution is 2.32. The van der Waals surface area contributed by atoms with Gasteiger partial charge in [0, 0.05) is 28.5 Å². The third-order valence-corrected chi connectivity index (χ3v) is 6.59. The number of nitrogens with one attached hydrogen (secondary N) is 1. The standard InChI is InChI=1S/C19H16N4OS3/c1-24-16-9-5-8-14(10-16)21-18-22-23-19(27-18)26-12-15-11-25-17(20-15)13-6-3-2-4-7-13/h2-11H,12H2,1H3,(H,21,22). The lowest BCUT2D eigenvalue weighted by molar-refractivity contribution is 0.415. The number of thiazole rings is 1. The summed E-state index contributed by atoms with van der Waals surface area (Å²) in [7, 11) is 1.65. The predicted octanol–water partition coefficient (Wildman–Crippen LogP) is 5.71. The van der Waals surface area contributed by atoms with E-state index in [1.54, 1.807) is 30.2 Å². The molecule has 2 aromatic carbocycles. The van der Waals surface area contributed by atoms with Crippen LogP contribution in [-0.4, -0.2) is 22.3 Å². The fourth-order valence-electron chi connectivity index (χ4n) is 2.37. The minimum Gasteiger partial charge on any atom is -0.497 e. The summed E-state index contributed by atoms with van der Waals surface area (Å²) in [5.41, 5.74) is 3.13. The number of nitrogens with zero attached hydrogens (tertiary/aromatic N) is 3. The van der Waals surface area contributed by atoms with Crippen LogP contribution in [0.5, 0.6) is 5.75 Å². The van der Waals surface area contributed by atoms with Crippen molar-refractivity contribution in [1.29, 1.82) is 0 Å². The van der Waals surface area contributed by atoms with Gasteiger partial charge >= 0.3 is 0 Å². The van der Waals surface area contributed by atoms with Crippen LogP contribution >= 0.6 is 34.4 Å². The summed E-state index contributed by atoms with van der Waals surface area (Å²) < 4.78 is 6.15. The largest absolute Gasteiger partial charge is 0.497 e. The summed E-state index contributed by atoms with van der Waals surface area (Å²) in [6.45, 7) is 0. The molecule has 1 N–H and O–H groups in total. The highest BCUT2D eigenvalue weighted by Gasteiger charge is 2.09. The number of methoxy groups -OCH3 is 1. The number of benzene rings is 2. The minimum atomic E-state index is 0.758. The molecule has 27 heavy (non-hydrogen) atoms. The van der Waals surface area contributed by atoms with Gasteiger partial charge in [0.15, 0.2) is 4.34 Å². The van der Waals surface area contributed by atoms with Crippen LogP contribution in [0.4, 0.5) is 10.8 Å². The Kier molecular flexibility index (Phi) is 5.66. The molecule has 4 rings (SSSR count). The van der Waals surface area contributed by atoms with Crippen molar-refractivity contribution in [3.63, 3.8) is 0 Å². The molecule has 0 aliphatic rings. The lowest BCUT2D eigenvalue weighted by atomic mass is 10.2. The second-order valence-electron chi connectivity index (χ2n) is 5.53.